The fraction of sp³-hybridized carbons (Fsp3) is 0.409. The van der Waals surface area contributed by atoms with Crippen LogP contribution in [0.4, 0.5) is 5.95 Å². The number of aromatic nitrogens is 4. The van der Waals surface area contributed by atoms with Crippen LogP contribution in [-0.2, 0) is 20.8 Å². The number of carbonyl (C=O) groups excluding carboxylic acids is 1. The summed E-state index contributed by atoms with van der Waals surface area (Å²) in [7, 11) is 0. The molecule has 2 aliphatic heterocycles. The number of morpholine rings is 1. The van der Waals surface area contributed by atoms with Gasteiger partial charge in [0.15, 0.2) is 12.4 Å². The van der Waals surface area contributed by atoms with Crippen molar-refractivity contribution in [3.05, 3.63) is 47.5 Å². The first-order valence-corrected chi connectivity index (χ1v) is 10.6. The van der Waals surface area contributed by atoms with Gasteiger partial charge in [0.25, 0.3) is 5.91 Å². The molecule has 164 valence electrons. The Hall–Kier alpha value is -3.39. The molecule has 2 aromatic heterocycles. The summed E-state index contributed by atoms with van der Waals surface area (Å²) in [6.45, 7) is 5.61. The Balaban J connectivity index is 1.45. The van der Waals surface area contributed by atoms with Gasteiger partial charge in [0.2, 0.25) is 5.95 Å². The molecule has 0 saturated carbocycles. The van der Waals surface area contributed by atoms with Crippen molar-refractivity contribution in [2.75, 3.05) is 18.4 Å². The van der Waals surface area contributed by atoms with E-state index in [-0.39, 0.29) is 18.0 Å². The van der Waals surface area contributed by atoms with Crippen LogP contribution in [0.15, 0.2) is 30.5 Å². The maximum atomic E-state index is 12.8. The van der Waals surface area contributed by atoms with E-state index < -0.39 is 18.3 Å². The van der Waals surface area contributed by atoms with Crippen molar-refractivity contribution >= 4 is 22.9 Å². The second-order valence-electron chi connectivity index (χ2n) is 7.84. The van der Waals surface area contributed by atoms with Crippen LogP contribution >= 0.6 is 0 Å². The van der Waals surface area contributed by atoms with E-state index in [1.807, 2.05) is 42.7 Å². The average Bonchev–Trinajstić information content (AvgIpc) is 3.32. The van der Waals surface area contributed by atoms with Crippen LogP contribution in [0.2, 0.25) is 0 Å². The van der Waals surface area contributed by atoms with Crippen molar-refractivity contribution in [1.82, 2.24) is 24.8 Å². The number of amides is 1. The topological polar surface area (TPSA) is 127 Å². The van der Waals surface area contributed by atoms with Gasteiger partial charge in [-0.05, 0) is 31.5 Å². The molecule has 0 radical (unpaired) electrons. The standard InChI is InChI=1S/C22H23N7O3/c1-3-29-15-7-5-4-6-14(15)26-20(29)13(8-23)18-12(2)9-25-22(27-18)28-21(30)19-16-10-24-11-17(31-16)32-19/h4-7,9,13,16-17,19,24H,3,10-11H2,1-2H3,(H,25,27,28,30)/t13?,16-,17-,19-/m0/s1. The molecule has 10 heteroatoms. The van der Waals surface area contributed by atoms with E-state index in [2.05, 4.69) is 26.7 Å². The minimum Gasteiger partial charge on any atom is -0.343 e. The predicted octanol–water partition coefficient (Wildman–Crippen LogP) is 1.46. The number of hydrogen-bond donors (Lipinski definition) is 2. The molecule has 0 spiro atoms. The number of nitrogens with zero attached hydrogens (tertiary/aromatic N) is 5. The fourth-order valence-electron chi connectivity index (χ4n) is 4.25. The lowest BCUT2D eigenvalue weighted by molar-refractivity contribution is -0.127. The number of nitriles is 1. The number of rotatable bonds is 5. The second kappa shape index (κ2) is 8.27. The lowest BCUT2D eigenvalue weighted by atomic mass is 10.0. The minimum atomic E-state index is -0.737. The van der Waals surface area contributed by atoms with Crippen LogP contribution < -0.4 is 10.6 Å². The van der Waals surface area contributed by atoms with Gasteiger partial charge < -0.3 is 19.4 Å². The monoisotopic (exact) mass is 433 g/mol. The van der Waals surface area contributed by atoms with Gasteiger partial charge in [-0.15, -0.1) is 0 Å². The van der Waals surface area contributed by atoms with E-state index in [1.165, 1.54) is 0 Å². The highest BCUT2D eigenvalue weighted by Crippen LogP contribution is 2.29. The van der Waals surface area contributed by atoms with Crippen LogP contribution in [0.5, 0.6) is 0 Å². The molecule has 3 aromatic rings. The molecular weight excluding hydrogens is 410 g/mol. The molecule has 4 heterocycles. The molecule has 1 amide bonds. The van der Waals surface area contributed by atoms with E-state index in [4.69, 9.17) is 14.5 Å². The highest BCUT2D eigenvalue weighted by atomic mass is 16.7. The number of nitrogens with one attached hydrogen (secondary N) is 2. The summed E-state index contributed by atoms with van der Waals surface area (Å²) in [6, 6.07) is 10.1. The zero-order valence-corrected chi connectivity index (χ0v) is 17.8. The van der Waals surface area contributed by atoms with Crippen molar-refractivity contribution in [3.63, 3.8) is 0 Å². The summed E-state index contributed by atoms with van der Waals surface area (Å²) in [5, 5.41) is 15.9. The Kier molecular flexibility index (Phi) is 5.30. The number of benzene rings is 1. The van der Waals surface area contributed by atoms with Gasteiger partial charge in [-0.25, -0.2) is 15.0 Å². The van der Waals surface area contributed by atoms with Gasteiger partial charge in [-0.1, -0.05) is 12.1 Å². The predicted molar refractivity (Wildman–Crippen MR) is 115 cm³/mol. The lowest BCUT2D eigenvalue weighted by Crippen LogP contribution is -2.43. The molecule has 32 heavy (non-hydrogen) atoms. The first-order chi connectivity index (χ1) is 15.6. The Morgan fingerprint density at radius 1 is 1.34 bits per heavy atom. The molecule has 2 N–H and O–H groups in total. The molecule has 2 aliphatic rings. The molecular formula is C22H23N7O3. The Morgan fingerprint density at radius 2 is 2.19 bits per heavy atom. The van der Waals surface area contributed by atoms with E-state index in [9.17, 15) is 10.1 Å². The van der Waals surface area contributed by atoms with Crippen LogP contribution in [-0.4, -0.2) is 57.0 Å². The Morgan fingerprint density at radius 3 is 2.97 bits per heavy atom. The summed E-state index contributed by atoms with van der Waals surface area (Å²) in [6.07, 6.45) is 0.0890. The number of para-hydroxylation sites is 2. The molecule has 0 aliphatic carbocycles. The number of hydrogen-bond acceptors (Lipinski definition) is 8. The largest absolute Gasteiger partial charge is 0.343 e. The van der Waals surface area contributed by atoms with Crippen molar-refractivity contribution in [1.29, 1.82) is 5.26 Å². The summed E-state index contributed by atoms with van der Waals surface area (Å²) in [5.41, 5.74) is 3.03. The Bertz CT molecular complexity index is 1220. The summed E-state index contributed by atoms with van der Waals surface area (Å²) in [4.78, 5) is 26.3. The van der Waals surface area contributed by atoms with Gasteiger partial charge >= 0.3 is 0 Å². The van der Waals surface area contributed by atoms with Crippen LogP contribution in [0.1, 0.15) is 29.9 Å². The zero-order chi connectivity index (χ0) is 22.2. The normalized spacial score (nSPS) is 23.1. The van der Waals surface area contributed by atoms with Crippen molar-refractivity contribution in [3.8, 4) is 6.07 Å². The summed E-state index contributed by atoms with van der Waals surface area (Å²) < 4.78 is 13.3. The SMILES string of the molecule is CCn1c(C(C#N)c2nc(NC(=O)[C@H]3O[C@H]4CNC[C@@H]3O4)ncc2C)nc2ccccc21. The molecule has 1 aromatic carbocycles. The number of anilines is 1. The third kappa shape index (κ3) is 3.50. The van der Waals surface area contributed by atoms with E-state index >= 15 is 0 Å². The summed E-state index contributed by atoms with van der Waals surface area (Å²) in [5.74, 6) is -0.350. The highest BCUT2D eigenvalue weighted by molar-refractivity contribution is 5.93. The van der Waals surface area contributed by atoms with Crippen molar-refractivity contribution < 1.29 is 14.3 Å². The third-order valence-electron chi connectivity index (χ3n) is 5.78. The van der Waals surface area contributed by atoms with Crippen LogP contribution in [0, 0.1) is 18.3 Å². The van der Waals surface area contributed by atoms with Crippen LogP contribution in [0.3, 0.4) is 0 Å². The first-order valence-electron chi connectivity index (χ1n) is 10.6. The number of ether oxygens (including phenoxy) is 2. The molecule has 10 nitrogen and oxygen atoms in total. The average molecular weight is 433 g/mol. The molecule has 2 bridgehead atoms. The maximum Gasteiger partial charge on any atom is 0.258 e. The minimum absolute atomic E-state index is 0.119. The molecule has 5 rings (SSSR count). The third-order valence-corrected chi connectivity index (χ3v) is 5.78. The smallest absolute Gasteiger partial charge is 0.258 e. The lowest BCUT2D eigenvalue weighted by Gasteiger charge is -2.19. The van der Waals surface area contributed by atoms with E-state index in [1.54, 1.807) is 6.20 Å². The molecule has 4 atom stereocenters. The number of aryl methyl sites for hydroxylation is 2. The zero-order valence-electron chi connectivity index (χ0n) is 17.8. The van der Waals surface area contributed by atoms with Crippen molar-refractivity contribution in [2.24, 2.45) is 0 Å². The van der Waals surface area contributed by atoms with Gasteiger partial charge in [-0.2, -0.15) is 5.26 Å². The van der Waals surface area contributed by atoms with Gasteiger partial charge in [0.05, 0.1) is 22.8 Å². The van der Waals surface area contributed by atoms with Crippen LogP contribution in [0.25, 0.3) is 11.0 Å². The molecule has 1 unspecified atom stereocenters. The fourth-order valence-corrected chi connectivity index (χ4v) is 4.25. The number of carbonyl (C=O) groups is 1. The van der Waals surface area contributed by atoms with Gasteiger partial charge in [0.1, 0.15) is 17.8 Å². The molecule has 2 fully saturated rings. The second-order valence-corrected chi connectivity index (χ2v) is 7.84. The van der Waals surface area contributed by atoms with E-state index in [0.717, 1.165) is 16.6 Å². The summed E-state index contributed by atoms with van der Waals surface area (Å²) >= 11 is 0. The van der Waals surface area contributed by atoms with E-state index in [0.29, 0.717) is 31.2 Å². The van der Waals surface area contributed by atoms with Gasteiger partial charge in [-0.3, -0.25) is 10.1 Å². The number of imidazole rings is 1. The number of fused-ring (bicyclic) bond motifs is 3. The first kappa shape index (κ1) is 20.5. The highest BCUT2D eigenvalue weighted by Gasteiger charge is 2.43. The molecule has 2 saturated heterocycles. The van der Waals surface area contributed by atoms with Crippen molar-refractivity contribution in [2.45, 2.75) is 44.8 Å². The quantitative estimate of drug-likeness (QED) is 0.619. The van der Waals surface area contributed by atoms with Gasteiger partial charge in [0, 0.05) is 25.8 Å². The maximum absolute atomic E-state index is 12.8. The Labute approximate surface area is 184 Å².